The van der Waals surface area contributed by atoms with Crippen molar-refractivity contribution in [1.82, 2.24) is 10.2 Å². The normalized spacial score (nSPS) is 20.1. The van der Waals surface area contributed by atoms with Crippen molar-refractivity contribution in [3.05, 3.63) is 0 Å². The molecule has 1 atom stereocenters. The van der Waals surface area contributed by atoms with Crippen LogP contribution in [0.2, 0.25) is 0 Å². The molecule has 0 aromatic carbocycles. The molecule has 1 N–H and O–H groups in total. The Morgan fingerprint density at radius 2 is 2.18 bits per heavy atom. The molecule has 1 aliphatic heterocycles. The van der Waals surface area contributed by atoms with E-state index in [2.05, 4.69) is 5.32 Å². The smallest absolute Gasteiger partial charge is 0.312 e. The summed E-state index contributed by atoms with van der Waals surface area (Å²) in [4.78, 5) is 25.1. The fraction of sp³-hybridized carbons (Fsp3) is 0.833. The van der Waals surface area contributed by atoms with E-state index in [0.29, 0.717) is 19.7 Å². The molecule has 0 aromatic heterocycles. The van der Waals surface area contributed by atoms with Crippen LogP contribution in [0, 0.1) is 0 Å². The number of carbonyl (C=O) groups is 2. The van der Waals surface area contributed by atoms with E-state index in [1.807, 2.05) is 6.92 Å². The molecule has 0 spiro atoms. The molecule has 1 saturated heterocycles. The van der Waals surface area contributed by atoms with E-state index in [4.69, 9.17) is 4.74 Å². The second-order valence-corrected chi connectivity index (χ2v) is 4.45. The summed E-state index contributed by atoms with van der Waals surface area (Å²) >= 11 is 0. The lowest BCUT2D eigenvalue weighted by atomic mass is 10.0. The van der Waals surface area contributed by atoms with Crippen molar-refractivity contribution in [3.63, 3.8) is 0 Å². The van der Waals surface area contributed by atoms with Gasteiger partial charge in [-0.2, -0.15) is 0 Å². The van der Waals surface area contributed by atoms with Gasteiger partial charge in [-0.25, -0.2) is 0 Å². The number of hydrogen-bond donors (Lipinski definition) is 1. The molecule has 1 rings (SSSR count). The van der Waals surface area contributed by atoms with Crippen LogP contribution in [0.25, 0.3) is 0 Å². The fourth-order valence-electron chi connectivity index (χ4n) is 2.02. The number of piperidine rings is 1. The summed E-state index contributed by atoms with van der Waals surface area (Å²) in [7, 11) is 1.61. The Morgan fingerprint density at radius 1 is 1.41 bits per heavy atom. The summed E-state index contributed by atoms with van der Waals surface area (Å²) < 4.78 is 4.87. The zero-order chi connectivity index (χ0) is 12.7. The van der Waals surface area contributed by atoms with Gasteiger partial charge in [-0.15, -0.1) is 0 Å². The zero-order valence-corrected chi connectivity index (χ0v) is 10.7. The summed E-state index contributed by atoms with van der Waals surface area (Å²) in [5.41, 5.74) is 0. The number of hydrogen-bond acceptors (Lipinski definition) is 3. The lowest BCUT2D eigenvalue weighted by Crippen LogP contribution is -2.49. The first kappa shape index (κ1) is 14.0. The molecule has 0 bridgehead atoms. The van der Waals surface area contributed by atoms with Crippen LogP contribution in [-0.4, -0.2) is 49.6 Å². The third-order valence-corrected chi connectivity index (χ3v) is 3.07. The van der Waals surface area contributed by atoms with E-state index < -0.39 is 11.8 Å². The maximum Gasteiger partial charge on any atom is 0.312 e. The van der Waals surface area contributed by atoms with Crippen LogP contribution in [0.4, 0.5) is 0 Å². The van der Waals surface area contributed by atoms with Crippen molar-refractivity contribution in [2.75, 3.05) is 26.8 Å². The average molecular weight is 242 g/mol. The quantitative estimate of drug-likeness (QED) is 0.578. The van der Waals surface area contributed by atoms with Crippen LogP contribution in [-0.2, 0) is 14.3 Å². The highest BCUT2D eigenvalue weighted by atomic mass is 16.5. The lowest BCUT2D eigenvalue weighted by molar-refractivity contribution is -0.148. The van der Waals surface area contributed by atoms with Gasteiger partial charge in [0.05, 0.1) is 0 Å². The van der Waals surface area contributed by atoms with Gasteiger partial charge in [0.25, 0.3) is 0 Å². The molecule has 17 heavy (non-hydrogen) atoms. The first-order valence-corrected chi connectivity index (χ1v) is 6.24. The van der Waals surface area contributed by atoms with Gasteiger partial charge in [-0.1, -0.05) is 0 Å². The van der Waals surface area contributed by atoms with E-state index in [-0.39, 0.29) is 6.04 Å². The fourth-order valence-corrected chi connectivity index (χ4v) is 2.02. The van der Waals surface area contributed by atoms with Gasteiger partial charge in [0.2, 0.25) is 0 Å². The van der Waals surface area contributed by atoms with Crippen LogP contribution in [0.5, 0.6) is 0 Å². The standard InChI is InChI=1S/C12H22N2O3/c1-10-6-3-4-8-14(10)12(16)11(15)13-7-5-9-17-2/h10H,3-9H2,1-2H3,(H,13,15). The number of carbonyl (C=O) groups excluding carboxylic acids is 2. The minimum absolute atomic E-state index is 0.181. The van der Waals surface area contributed by atoms with Crippen LogP contribution in [0.15, 0.2) is 0 Å². The van der Waals surface area contributed by atoms with Crippen LogP contribution < -0.4 is 5.32 Å². The highest BCUT2D eigenvalue weighted by Gasteiger charge is 2.27. The Bertz CT molecular complexity index is 268. The third-order valence-electron chi connectivity index (χ3n) is 3.07. The molecule has 1 aliphatic rings. The number of amides is 2. The summed E-state index contributed by atoms with van der Waals surface area (Å²) in [6, 6.07) is 0.181. The SMILES string of the molecule is COCCCNC(=O)C(=O)N1CCCCC1C. The Morgan fingerprint density at radius 3 is 2.82 bits per heavy atom. The molecule has 0 radical (unpaired) electrons. The predicted octanol–water partition coefficient (Wildman–Crippen LogP) is 0.540. The Hall–Kier alpha value is -1.10. The molecule has 1 heterocycles. The van der Waals surface area contributed by atoms with E-state index in [9.17, 15) is 9.59 Å². The molecule has 1 fully saturated rings. The molecule has 0 aliphatic carbocycles. The molecule has 2 amide bonds. The molecule has 98 valence electrons. The maximum atomic E-state index is 11.9. The molecular weight excluding hydrogens is 220 g/mol. The van der Waals surface area contributed by atoms with Crippen LogP contribution in [0.3, 0.4) is 0 Å². The van der Waals surface area contributed by atoms with Crippen molar-refractivity contribution in [1.29, 1.82) is 0 Å². The molecule has 5 heteroatoms. The summed E-state index contributed by atoms with van der Waals surface area (Å²) in [6.07, 6.45) is 3.85. The van der Waals surface area contributed by atoms with E-state index >= 15 is 0 Å². The van der Waals surface area contributed by atoms with Crippen LogP contribution in [0.1, 0.15) is 32.6 Å². The number of rotatable bonds is 4. The Kier molecular flexibility index (Phi) is 5.97. The number of likely N-dealkylation sites (tertiary alicyclic amines) is 1. The van der Waals surface area contributed by atoms with Gasteiger partial charge in [0, 0.05) is 32.8 Å². The minimum Gasteiger partial charge on any atom is -0.385 e. The second kappa shape index (κ2) is 7.27. The third kappa shape index (κ3) is 4.34. The zero-order valence-electron chi connectivity index (χ0n) is 10.7. The van der Waals surface area contributed by atoms with Crippen molar-refractivity contribution in [2.45, 2.75) is 38.6 Å². The van der Waals surface area contributed by atoms with Gasteiger partial charge in [0.1, 0.15) is 0 Å². The van der Waals surface area contributed by atoms with Crippen molar-refractivity contribution in [3.8, 4) is 0 Å². The van der Waals surface area contributed by atoms with Crippen LogP contribution >= 0.6 is 0 Å². The molecular formula is C12H22N2O3. The maximum absolute atomic E-state index is 11.9. The van der Waals surface area contributed by atoms with E-state index in [1.54, 1.807) is 12.0 Å². The van der Waals surface area contributed by atoms with Gasteiger partial charge in [0.15, 0.2) is 0 Å². The highest BCUT2D eigenvalue weighted by molar-refractivity contribution is 6.35. The number of nitrogens with one attached hydrogen (secondary N) is 1. The van der Waals surface area contributed by atoms with Crippen molar-refractivity contribution >= 4 is 11.8 Å². The van der Waals surface area contributed by atoms with E-state index in [0.717, 1.165) is 25.7 Å². The first-order valence-electron chi connectivity index (χ1n) is 6.24. The summed E-state index contributed by atoms with van der Waals surface area (Å²) in [5.74, 6) is -0.885. The average Bonchev–Trinajstić information content (AvgIpc) is 2.34. The predicted molar refractivity (Wildman–Crippen MR) is 64.5 cm³/mol. The monoisotopic (exact) mass is 242 g/mol. The molecule has 0 aromatic rings. The van der Waals surface area contributed by atoms with Crippen molar-refractivity contribution in [2.24, 2.45) is 0 Å². The summed E-state index contributed by atoms with van der Waals surface area (Å²) in [6.45, 7) is 3.77. The Labute approximate surface area is 102 Å². The molecule has 0 saturated carbocycles. The van der Waals surface area contributed by atoms with Gasteiger partial charge < -0.3 is 15.0 Å². The first-order chi connectivity index (χ1) is 8.16. The minimum atomic E-state index is -0.491. The van der Waals surface area contributed by atoms with Gasteiger partial charge in [-0.05, 0) is 32.6 Å². The lowest BCUT2D eigenvalue weighted by Gasteiger charge is -2.32. The molecule has 5 nitrogen and oxygen atoms in total. The second-order valence-electron chi connectivity index (χ2n) is 4.45. The van der Waals surface area contributed by atoms with Crippen molar-refractivity contribution < 1.29 is 14.3 Å². The van der Waals surface area contributed by atoms with Gasteiger partial charge >= 0.3 is 11.8 Å². The molecule has 1 unspecified atom stereocenters. The van der Waals surface area contributed by atoms with E-state index in [1.165, 1.54) is 0 Å². The van der Waals surface area contributed by atoms with Gasteiger partial charge in [-0.3, -0.25) is 9.59 Å². The number of ether oxygens (including phenoxy) is 1. The Balaban J connectivity index is 2.32. The number of nitrogens with zero attached hydrogens (tertiary/aromatic N) is 1. The number of methoxy groups -OCH3 is 1. The summed E-state index contributed by atoms with van der Waals surface area (Å²) in [5, 5.41) is 2.62. The largest absolute Gasteiger partial charge is 0.385 e. The topological polar surface area (TPSA) is 58.6 Å². The highest BCUT2D eigenvalue weighted by Crippen LogP contribution is 2.16.